The van der Waals surface area contributed by atoms with E-state index < -0.39 is 0 Å². The molecule has 1 aromatic heterocycles. The molecule has 1 heterocycles. The second-order valence-corrected chi connectivity index (χ2v) is 4.04. The van der Waals surface area contributed by atoms with Gasteiger partial charge in [-0.2, -0.15) is 0 Å². The molecule has 0 amide bonds. The zero-order chi connectivity index (χ0) is 9.42. The minimum atomic E-state index is -0.217. The lowest BCUT2D eigenvalue weighted by Crippen LogP contribution is -1.88. The molecule has 0 saturated carbocycles. The summed E-state index contributed by atoms with van der Waals surface area (Å²) in [4.78, 5) is 1.07. The number of nitrogens with two attached hydrogens (primary N) is 1. The van der Waals surface area contributed by atoms with Gasteiger partial charge in [-0.05, 0) is 18.6 Å². The van der Waals surface area contributed by atoms with Gasteiger partial charge in [0, 0.05) is 9.58 Å². The van der Waals surface area contributed by atoms with Gasteiger partial charge in [0.15, 0.2) is 0 Å². The van der Waals surface area contributed by atoms with Crippen LogP contribution in [0.1, 0.15) is 11.8 Å². The van der Waals surface area contributed by atoms with E-state index in [1.807, 2.05) is 13.0 Å². The maximum atomic E-state index is 13.3. The van der Waals surface area contributed by atoms with E-state index in [0.717, 1.165) is 16.0 Å². The normalized spacial score (nSPS) is 10.9. The molecule has 0 aliphatic heterocycles. The SMILES string of the molecule is CCc1sc2cccc(F)c2c1N. The Morgan fingerprint density at radius 2 is 2.23 bits per heavy atom. The quantitative estimate of drug-likeness (QED) is 0.743. The van der Waals surface area contributed by atoms with E-state index in [0.29, 0.717) is 11.1 Å². The van der Waals surface area contributed by atoms with Crippen molar-refractivity contribution in [3.63, 3.8) is 0 Å². The second kappa shape index (κ2) is 3.00. The van der Waals surface area contributed by atoms with Crippen molar-refractivity contribution in [2.75, 3.05) is 5.73 Å². The fourth-order valence-corrected chi connectivity index (χ4v) is 2.52. The monoisotopic (exact) mass is 195 g/mol. The maximum absolute atomic E-state index is 13.3. The van der Waals surface area contributed by atoms with Gasteiger partial charge in [-0.3, -0.25) is 0 Å². The smallest absolute Gasteiger partial charge is 0.133 e. The molecule has 0 aliphatic carbocycles. The van der Waals surface area contributed by atoms with Crippen LogP contribution in [0.4, 0.5) is 10.1 Å². The molecule has 0 spiro atoms. The maximum Gasteiger partial charge on any atom is 0.133 e. The van der Waals surface area contributed by atoms with Crippen LogP contribution in [0.2, 0.25) is 0 Å². The van der Waals surface area contributed by atoms with Gasteiger partial charge in [0.25, 0.3) is 0 Å². The van der Waals surface area contributed by atoms with Crippen molar-refractivity contribution in [3.8, 4) is 0 Å². The first-order valence-electron chi connectivity index (χ1n) is 4.19. The van der Waals surface area contributed by atoms with E-state index in [4.69, 9.17) is 5.73 Å². The Labute approximate surface area is 80.0 Å². The van der Waals surface area contributed by atoms with Crippen LogP contribution in [-0.2, 0) is 6.42 Å². The first-order valence-corrected chi connectivity index (χ1v) is 5.01. The van der Waals surface area contributed by atoms with Crippen molar-refractivity contribution < 1.29 is 4.39 Å². The molecule has 0 aliphatic rings. The third-order valence-electron chi connectivity index (χ3n) is 2.10. The van der Waals surface area contributed by atoms with E-state index in [9.17, 15) is 4.39 Å². The fraction of sp³-hybridized carbons (Fsp3) is 0.200. The third-order valence-corrected chi connectivity index (χ3v) is 3.41. The number of hydrogen-bond acceptors (Lipinski definition) is 2. The molecule has 3 heteroatoms. The molecule has 0 saturated heterocycles. The van der Waals surface area contributed by atoms with Crippen LogP contribution in [0, 0.1) is 5.82 Å². The molecule has 0 bridgehead atoms. The van der Waals surface area contributed by atoms with Crippen LogP contribution < -0.4 is 5.73 Å². The molecule has 1 nitrogen and oxygen atoms in total. The van der Waals surface area contributed by atoms with Crippen LogP contribution in [0.15, 0.2) is 18.2 Å². The third kappa shape index (κ3) is 1.20. The molecule has 1 aromatic carbocycles. The first kappa shape index (κ1) is 8.51. The molecule has 0 atom stereocenters. The highest BCUT2D eigenvalue weighted by Crippen LogP contribution is 2.35. The minimum Gasteiger partial charge on any atom is -0.397 e. The molecule has 2 rings (SSSR count). The molecule has 0 fully saturated rings. The summed E-state index contributed by atoms with van der Waals surface area (Å²) >= 11 is 1.57. The van der Waals surface area contributed by atoms with Gasteiger partial charge >= 0.3 is 0 Å². The summed E-state index contributed by atoms with van der Waals surface area (Å²) in [5.41, 5.74) is 6.43. The highest BCUT2D eigenvalue weighted by atomic mass is 32.1. The summed E-state index contributed by atoms with van der Waals surface area (Å²) in [6.45, 7) is 2.03. The predicted octanol–water partition coefficient (Wildman–Crippen LogP) is 3.19. The highest BCUT2D eigenvalue weighted by molar-refractivity contribution is 7.19. The van der Waals surface area contributed by atoms with Crippen molar-refractivity contribution in [2.45, 2.75) is 13.3 Å². The Kier molecular flexibility index (Phi) is 1.96. The number of nitrogen functional groups attached to an aromatic ring is 1. The second-order valence-electron chi connectivity index (χ2n) is 2.91. The van der Waals surface area contributed by atoms with Gasteiger partial charge in [-0.25, -0.2) is 4.39 Å². The van der Waals surface area contributed by atoms with E-state index in [2.05, 4.69) is 0 Å². The van der Waals surface area contributed by atoms with E-state index in [-0.39, 0.29) is 5.82 Å². The summed E-state index contributed by atoms with van der Waals surface area (Å²) in [5.74, 6) is -0.217. The zero-order valence-electron chi connectivity index (χ0n) is 7.30. The topological polar surface area (TPSA) is 26.0 Å². The lowest BCUT2D eigenvalue weighted by atomic mass is 10.2. The summed E-state index contributed by atoms with van der Waals surface area (Å²) < 4.78 is 14.3. The molecular weight excluding hydrogens is 185 g/mol. The van der Waals surface area contributed by atoms with Gasteiger partial charge in [-0.15, -0.1) is 11.3 Å². The highest BCUT2D eigenvalue weighted by Gasteiger charge is 2.10. The number of halogens is 1. The number of aryl methyl sites for hydroxylation is 1. The molecule has 0 unspecified atom stereocenters. The summed E-state index contributed by atoms with van der Waals surface area (Å²) in [6, 6.07) is 5.07. The van der Waals surface area contributed by atoms with Gasteiger partial charge in [0.05, 0.1) is 11.1 Å². The number of rotatable bonds is 1. The molecule has 0 radical (unpaired) electrons. The van der Waals surface area contributed by atoms with E-state index in [1.165, 1.54) is 6.07 Å². The number of fused-ring (bicyclic) bond motifs is 1. The number of thiophene rings is 1. The largest absolute Gasteiger partial charge is 0.397 e. The Morgan fingerprint density at radius 1 is 1.46 bits per heavy atom. The summed E-state index contributed by atoms with van der Waals surface area (Å²) in [5, 5.41) is 0.587. The average Bonchev–Trinajstić information content (AvgIpc) is 2.44. The number of hydrogen-bond donors (Lipinski definition) is 1. The van der Waals surface area contributed by atoms with Crippen molar-refractivity contribution in [3.05, 3.63) is 28.9 Å². The van der Waals surface area contributed by atoms with Crippen molar-refractivity contribution in [2.24, 2.45) is 0 Å². The predicted molar refractivity (Wildman–Crippen MR) is 55.6 cm³/mol. The van der Waals surface area contributed by atoms with Crippen LogP contribution in [0.25, 0.3) is 10.1 Å². The zero-order valence-corrected chi connectivity index (χ0v) is 8.12. The molecule has 68 valence electrons. The van der Waals surface area contributed by atoms with Crippen molar-refractivity contribution >= 4 is 27.1 Å². The lowest BCUT2D eigenvalue weighted by molar-refractivity contribution is 0.640. The Hall–Kier alpha value is -1.09. The van der Waals surface area contributed by atoms with Gasteiger partial charge in [0.2, 0.25) is 0 Å². The first-order chi connectivity index (χ1) is 6.24. The Bertz CT molecular complexity index is 447. The van der Waals surface area contributed by atoms with Gasteiger partial charge in [-0.1, -0.05) is 13.0 Å². The van der Waals surface area contributed by atoms with Crippen LogP contribution in [0.5, 0.6) is 0 Å². The molecule has 2 aromatic rings. The summed E-state index contributed by atoms with van der Waals surface area (Å²) in [6.07, 6.45) is 0.866. The number of anilines is 1. The van der Waals surface area contributed by atoms with Crippen LogP contribution in [-0.4, -0.2) is 0 Å². The number of benzene rings is 1. The van der Waals surface area contributed by atoms with Gasteiger partial charge in [0.1, 0.15) is 5.82 Å². The standard InChI is InChI=1S/C10H10FNS/c1-2-7-10(12)9-6(11)4-3-5-8(9)13-7/h3-5H,2,12H2,1H3. The minimum absolute atomic E-state index is 0.217. The molecular formula is C10H10FNS. The molecule has 13 heavy (non-hydrogen) atoms. The van der Waals surface area contributed by atoms with Crippen molar-refractivity contribution in [1.82, 2.24) is 0 Å². The van der Waals surface area contributed by atoms with E-state index >= 15 is 0 Å². The average molecular weight is 195 g/mol. The van der Waals surface area contributed by atoms with Crippen LogP contribution >= 0.6 is 11.3 Å². The van der Waals surface area contributed by atoms with E-state index in [1.54, 1.807) is 17.4 Å². The van der Waals surface area contributed by atoms with Gasteiger partial charge < -0.3 is 5.73 Å². The Balaban J connectivity index is 2.85. The van der Waals surface area contributed by atoms with Crippen molar-refractivity contribution in [1.29, 1.82) is 0 Å². The lowest BCUT2D eigenvalue weighted by Gasteiger charge is -1.94. The Morgan fingerprint density at radius 3 is 2.85 bits per heavy atom. The molecule has 2 N–H and O–H groups in total. The summed E-state index contributed by atoms with van der Waals surface area (Å²) in [7, 11) is 0. The van der Waals surface area contributed by atoms with Crippen LogP contribution in [0.3, 0.4) is 0 Å². The fourth-order valence-electron chi connectivity index (χ4n) is 1.44.